The van der Waals surface area contributed by atoms with E-state index >= 15 is 0 Å². The summed E-state index contributed by atoms with van der Waals surface area (Å²) in [7, 11) is 0. The van der Waals surface area contributed by atoms with Crippen LogP contribution in [0, 0.1) is 24.2 Å². The molecule has 0 aromatic rings. The van der Waals surface area contributed by atoms with Crippen molar-refractivity contribution < 1.29 is 18.0 Å². The van der Waals surface area contributed by atoms with Crippen molar-refractivity contribution in [2.75, 3.05) is 0 Å². The number of alkyl halides is 3. The number of hydrogen-bond acceptors (Lipinski definition) is 1. The van der Waals surface area contributed by atoms with Gasteiger partial charge in [-0.15, -0.1) is 6.42 Å². The molecule has 0 heterocycles. The molecule has 0 saturated heterocycles. The summed E-state index contributed by atoms with van der Waals surface area (Å²) in [6.07, 6.45) is 1.82. The molecule has 0 amide bonds. The molecule has 84 valence electrons. The zero-order chi connectivity index (χ0) is 11.5. The first-order valence-corrected chi connectivity index (χ1v) is 4.98. The first-order chi connectivity index (χ1) is 6.95. The van der Waals surface area contributed by atoms with E-state index in [2.05, 4.69) is 5.92 Å². The van der Waals surface area contributed by atoms with Gasteiger partial charge in [-0.05, 0) is 19.3 Å². The molecule has 0 aromatic heterocycles. The lowest BCUT2D eigenvalue weighted by Crippen LogP contribution is -2.31. The van der Waals surface area contributed by atoms with E-state index in [0.29, 0.717) is 12.8 Å². The molecule has 0 aliphatic heterocycles. The Kier molecular flexibility index (Phi) is 3.78. The van der Waals surface area contributed by atoms with E-state index in [-0.39, 0.29) is 25.0 Å². The van der Waals surface area contributed by atoms with Gasteiger partial charge in [-0.25, -0.2) is 0 Å². The van der Waals surface area contributed by atoms with Gasteiger partial charge in [-0.3, -0.25) is 4.79 Å². The normalized spacial score (nSPS) is 27.1. The fraction of sp³-hybridized carbons (Fsp3) is 0.727. The molecule has 0 spiro atoms. The molecule has 0 radical (unpaired) electrons. The van der Waals surface area contributed by atoms with Crippen LogP contribution in [0.4, 0.5) is 13.2 Å². The predicted octanol–water partition coefficient (Wildman–Crippen LogP) is 2.95. The highest BCUT2D eigenvalue weighted by Gasteiger charge is 2.43. The molecule has 1 saturated carbocycles. The zero-order valence-corrected chi connectivity index (χ0v) is 8.31. The van der Waals surface area contributed by atoms with Crippen LogP contribution in [0.25, 0.3) is 0 Å². The van der Waals surface area contributed by atoms with Gasteiger partial charge in [0.2, 0.25) is 0 Å². The Bertz CT molecular complexity index is 275. The van der Waals surface area contributed by atoms with Crippen LogP contribution in [0.3, 0.4) is 0 Å². The van der Waals surface area contributed by atoms with E-state index in [9.17, 15) is 18.0 Å². The van der Waals surface area contributed by atoms with E-state index in [4.69, 9.17) is 6.42 Å². The number of terminal acetylenes is 1. The highest BCUT2D eigenvalue weighted by atomic mass is 19.4. The van der Waals surface area contributed by atoms with Crippen LogP contribution in [0.1, 0.15) is 32.1 Å². The highest BCUT2D eigenvalue weighted by Crippen LogP contribution is 2.40. The fourth-order valence-electron chi connectivity index (χ4n) is 2.02. The van der Waals surface area contributed by atoms with E-state index in [1.165, 1.54) is 0 Å². The van der Waals surface area contributed by atoms with Gasteiger partial charge in [0.25, 0.3) is 0 Å². The number of Topliss-reactive ketones (excluding diaryl/α,β-unsaturated/α-hetero) is 1. The Labute approximate surface area is 87.0 Å². The average molecular weight is 218 g/mol. The number of ketones is 1. The maximum Gasteiger partial charge on any atom is 0.391 e. The van der Waals surface area contributed by atoms with E-state index in [0.717, 1.165) is 0 Å². The zero-order valence-electron chi connectivity index (χ0n) is 8.31. The predicted molar refractivity (Wildman–Crippen MR) is 50.0 cm³/mol. The summed E-state index contributed by atoms with van der Waals surface area (Å²) >= 11 is 0. The van der Waals surface area contributed by atoms with Crippen LogP contribution < -0.4 is 0 Å². The third kappa shape index (κ3) is 3.26. The van der Waals surface area contributed by atoms with Crippen molar-refractivity contribution in [1.29, 1.82) is 0 Å². The lowest BCUT2D eigenvalue weighted by molar-refractivity contribution is -0.186. The van der Waals surface area contributed by atoms with Crippen LogP contribution >= 0.6 is 0 Å². The standard InChI is InChI=1S/C11H13F3O/c1-2-4-10(15)8-5-3-6-9(7-8)11(12,13)14/h1,8-9H,3-7H2. The molecular formula is C11H13F3O. The second-order valence-corrected chi connectivity index (χ2v) is 3.95. The van der Waals surface area contributed by atoms with Crippen molar-refractivity contribution in [3.8, 4) is 12.3 Å². The van der Waals surface area contributed by atoms with Gasteiger partial charge in [0.1, 0.15) is 5.78 Å². The van der Waals surface area contributed by atoms with Crippen molar-refractivity contribution in [1.82, 2.24) is 0 Å². The second kappa shape index (κ2) is 4.69. The Balaban J connectivity index is 2.57. The molecule has 2 unspecified atom stereocenters. The minimum atomic E-state index is -4.17. The monoisotopic (exact) mass is 218 g/mol. The minimum Gasteiger partial charge on any atom is -0.298 e. The second-order valence-electron chi connectivity index (χ2n) is 3.95. The summed E-state index contributed by atoms with van der Waals surface area (Å²) in [4.78, 5) is 11.4. The van der Waals surface area contributed by atoms with Crippen LogP contribution in [0.5, 0.6) is 0 Å². The number of halogens is 3. The maximum absolute atomic E-state index is 12.4. The van der Waals surface area contributed by atoms with E-state index < -0.39 is 18.0 Å². The molecule has 1 aliphatic rings. The lowest BCUT2D eigenvalue weighted by atomic mass is 9.78. The van der Waals surface area contributed by atoms with Gasteiger partial charge in [0.15, 0.2) is 0 Å². The summed E-state index contributed by atoms with van der Waals surface area (Å²) in [5.74, 6) is 0.165. The molecule has 2 atom stereocenters. The number of rotatable bonds is 2. The van der Waals surface area contributed by atoms with Gasteiger partial charge >= 0.3 is 6.18 Å². The highest BCUT2D eigenvalue weighted by molar-refractivity contribution is 5.83. The Morgan fingerprint density at radius 2 is 2.07 bits per heavy atom. The number of hydrogen-bond donors (Lipinski definition) is 0. The van der Waals surface area contributed by atoms with Crippen molar-refractivity contribution in [3.05, 3.63) is 0 Å². The minimum absolute atomic E-state index is 0.0464. The van der Waals surface area contributed by atoms with E-state index in [1.807, 2.05) is 0 Å². The lowest BCUT2D eigenvalue weighted by Gasteiger charge is -2.29. The maximum atomic E-state index is 12.4. The Morgan fingerprint density at radius 3 is 2.60 bits per heavy atom. The van der Waals surface area contributed by atoms with Gasteiger partial charge in [0, 0.05) is 5.92 Å². The summed E-state index contributed by atoms with van der Waals surface area (Å²) < 4.78 is 37.2. The van der Waals surface area contributed by atoms with Crippen LogP contribution in [-0.2, 0) is 4.79 Å². The van der Waals surface area contributed by atoms with Gasteiger partial charge in [-0.1, -0.05) is 12.3 Å². The van der Waals surface area contributed by atoms with Crippen molar-refractivity contribution in [2.24, 2.45) is 11.8 Å². The van der Waals surface area contributed by atoms with Crippen molar-refractivity contribution in [2.45, 2.75) is 38.3 Å². The molecule has 0 bridgehead atoms. The molecule has 1 aliphatic carbocycles. The largest absolute Gasteiger partial charge is 0.391 e. The van der Waals surface area contributed by atoms with Crippen molar-refractivity contribution in [3.63, 3.8) is 0 Å². The fourth-order valence-corrected chi connectivity index (χ4v) is 2.02. The quantitative estimate of drug-likeness (QED) is 0.651. The smallest absolute Gasteiger partial charge is 0.298 e. The number of carbonyl (C=O) groups excluding carboxylic acids is 1. The van der Waals surface area contributed by atoms with Crippen molar-refractivity contribution >= 4 is 5.78 Å². The molecule has 0 N–H and O–H groups in total. The molecule has 1 rings (SSSR count). The molecule has 15 heavy (non-hydrogen) atoms. The molecule has 4 heteroatoms. The summed E-state index contributed by atoms with van der Waals surface area (Å²) in [5, 5.41) is 0. The molecule has 0 aromatic carbocycles. The van der Waals surface area contributed by atoms with Crippen LogP contribution in [0.15, 0.2) is 0 Å². The average Bonchev–Trinajstić information content (AvgIpc) is 2.17. The van der Waals surface area contributed by atoms with Gasteiger partial charge in [0.05, 0.1) is 12.3 Å². The SMILES string of the molecule is C#CCC(=O)C1CCCC(C(F)(F)F)C1. The Hall–Kier alpha value is -0.980. The van der Waals surface area contributed by atoms with Crippen LogP contribution in [-0.4, -0.2) is 12.0 Å². The summed E-state index contributed by atoms with van der Waals surface area (Å²) in [5.41, 5.74) is 0. The molecule has 1 nitrogen and oxygen atoms in total. The molecular weight excluding hydrogens is 205 g/mol. The van der Waals surface area contributed by atoms with Gasteiger partial charge < -0.3 is 0 Å². The van der Waals surface area contributed by atoms with E-state index in [1.54, 1.807) is 0 Å². The Morgan fingerprint density at radius 1 is 1.40 bits per heavy atom. The number of carbonyl (C=O) groups is 1. The first-order valence-electron chi connectivity index (χ1n) is 4.98. The third-order valence-corrected chi connectivity index (χ3v) is 2.87. The van der Waals surface area contributed by atoms with Crippen LogP contribution in [0.2, 0.25) is 0 Å². The molecule has 1 fully saturated rings. The summed E-state index contributed by atoms with van der Waals surface area (Å²) in [6, 6.07) is 0. The first kappa shape index (κ1) is 12.1. The topological polar surface area (TPSA) is 17.1 Å². The third-order valence-electron chi connectivity index (χ3n) is 2.87. The summed E-state index contributed by atoms with van der Waals surface area (Å²) in [6.45, 7) is 0. The van der Waals surface area contributed by atoms with Gasteiger partial charge in [-0.2, -0.15) is 13.2 Å².